The average molecular weight is 1410 g/mol. The van der Waals surface area contributed by atoms with Crippen LogP contribution in [0.5, 0.6) is 28.7 Å². The van der Waals surface area contributed by atoms with Crippen molar-refractivity contribution in [3.63, 3.8) is 0 Å². The number of hydrogen-bond acceptors (Lipinski definition) is 13. The summed E-state index contributed by atoms with van der Waals surface area (Å²) in [6.07, 6.45) is 5.63. The van der Waals surface area contributed by atoms with E-state index in [4.69, 9.17) is 19.5 Å². The first-order chi connectivity index (χ1) is 46.4. The summed E-state index contributed by atoms with van der Waals surface area (Å²) in [7, 11) is -4.62. The van der Waals surface area contributed by atoms with Gasteiger partial charge in [-0.3, -0.25) is 24.0 Å². The number of aryl methyl sites for hydroxylation is 1. The van der Waals surface area contributed by atoms with E-state index in [9.17, 15) is 47.3 Å². The maximum absolute atomic E-state index is 14.7. The molecule has 1 unspecified atom stereocenters. The van der Waals surface area contributed by atoms with Crippen molar-refractivity contribution in [2.45, 2.75) is 58.3 Å². The summed E-state index contributed by atoms with van der Waals surface area (Å²) in [6, 6.07) is 72.2. The van der Waals surface area contributed by atoms with Gasteiger partial charge in [0.25, 0.3) is 6.47 Å². The molecule has 0 amide bonds. The smallest absolute Gasteiger partial charge is 1.00 e. The Bertz CT molecular complexity index is 4200. The molecule has 0 aromatic heterocycles. The monoisotopic (exact) mass is 1410 g/mol. The van der Waals surface area contributed by atoms with E-state index in [1.165, 1.54) is 72.8 Å². The molecule has 0 radical (unpaired) electrons. The number of benzene rings is 10. The van der Waals surface area contributed by atoms with Crippen molar-refractivity contribution >= 4 is 75.7 Å². The third-order valence-electron chi connectivity index (χ3n) is 17.2. The van der Waals surface area contributed by atoms with Gasteiger partial charge >= 0.3 is 103 Å². The average Bonchev–Trinajstić information content (AvgIpc) is 0.771. The van der Waals surface area contributed by atoms with Crippen molar-refractivity contribution in [1.82, 2.24) is 0 Å². The van der Waals surface area contributed by atoms with Gasteiger partial charge in [0.2, 0.25) is 0 Å². The molecule has 2 N–H and O–H groups in total. The number of phenolic OH excluding ortho intramolecular Hbond substituents is 2. The van der Waals surface area contributed by atoms with Crippen molar-refractivity contribution in [1.29, 1.82) is 0 Å². The van der Waals surface area contributed by atoms with Gasteiger partial charge in [-0.25, -0.2) is 8.78 Å². The summed E-state index contributed by atoms with van der Waals surface area (Å²) in [5, 5.41) is 31.0. The zero-order valence-corrected chi connectivity index (χ0v) is 62.9. The van der Waals surface area contributed by atoms with Crippen LogP contribution in [0.1, 0.15) is 99.8 Å². The van der Waals surface area contributed by atoms with E-state index >= 15 is 0 Å². The van der Waals surface area contributed by atoms with E-state index in [0.29, 0.717) is 101 Å². The minimum atomic E-state index is -3.15. The number of rotatable bonds is 18. The zero-order chi connectivity index (χ0) is 68.2. The van der Waals surface area contributed by atoms with Crippen LogP contribution in [0.4, 0.5) is 8.78 Å². The van der Waals surface area contributed by atoms with E-state index < -0.39 is 14.3 Å². The minimum Gasteiger partial charge on any atom is -1.00 e. The molecular formula is C79H72F2K2O13P2. The Balaban J connectivity index is 0.000000245. The number of ether oxygens (including phenoxy) is 2. The summed E-state index contributed by atoms with van der Waals surface area (Å²) < 4.78 is 66.2. The molecule has 492 valence electrons. The van der Waals surface area contributed by atoms with Crippen LogP contribution in [0.3, 0.4) is 0 Å². The van der Waals surface area contributed by atoms with E-state index in [2.05, 4.69) is 4.89 Å². The van der Waals surface area contributed by atoms with Crippen LogP contribution in [0, 0.1) is 42.2 Å². The fourth-order valence-electron chi connectivity index (χ4n) is 12.0. The summed E-state index contributed by atoms with van der Waals surface area (Å²) in [6.45, 7) is 1.84. The van der Waals surface area contributed by atoms with Crippen molar-refractivity contribution in [2.75, 3.05) is 7.11 Å². The number of Topliss-reactive ketones (excluding diaryl/α,β-unsaturated/α-hetero) is 4. The summed E-state index contributed by atoms with van der Waals surface area (Å²) in [5.74, 6) is 1.65. The first-order valence-corrected chi connectivity index (χ1v) is 34.7. The van der Waals surface area contributed by atoms with Crippen LogP contribution < -0.4 is 149 Å². The normalized spacial score (nSPS) is 16.0. The van der Waals surface area contributed by atoms with Gasteiger partial charge in [-0.1, -0.05) is 90.5 Å². The Morgan fingerprint density at radius 2 is 0.633 bits per heavy atom. The second-order valence-corrected chi connectivity index (χ2v) is 28.9. The maximum Gasteiger partial charge on any atom is 1.00 e. The van der Waals surface area contributed by atoms with Gasteiger partial charge in [0.05, 0.1) is 7.11 Å². The molecular weight excluding hydrogens is 1330 g/mol. The molecule has 12 rings (SSSR count). The van der Waals surface area contributed by atoms with E-state index in [-0.39, 0.29) is 181 Å². The van der Waals surface area contributed by atoms with Gasteiger partial charge in [-0.15, -0.1) is 0 Å². The quantitative estimate of drug-likeness (QED) is 0.0207. The van der Waals surface area contributed by atoms with Crippen molar-refractivity contribution < 1.29 is 176 Å². The van der Waals surface area contributed by atoms with Crippen molar-refractivity contribution in [3.8, 4) is 28.7 Å². The Hall–Kier alpha value is -6.90. The van der Waals surface area contributed by atoms with Crippen LogP contribution in [-0.2, 0) is 18.8 Å². The number of ketones is 4. The molecule has 1 atom stereocenters. The molecule has 19 heteroatoms. The van der Waals surface area contributed by atoms with Crippen molar-refractivity contribution in [2.24, 2.45) is 23.7 Å². The van der Waals surface area contributed by atoms with Gasteiger partial charge in [0.15, 0.2) is 37.4 Å². The van der Waals surface area contributed by atoms with E-state index in [1.54, 1.807) is 67.8 Å². The fourth-order valence-corrected chi connectivity index (χ4v) is 17.2. The van der Waals surface area contributed by atoms with Gasteiger partial charge < -0.3 is 40.4 Å². The SMILES string of the molecule is COc1ccc(C(=O)C2CCC(C(=O)c3ccc(Oc4ccc(P(=O)(c5ccccc5)c5ccc(C)cc5)cc4)cc3)CC2)cc1.O=C(c1ccc(O)cc1)C1CCC(C(=O)c2ccc(O)cc2)CC1.O=CO[O-].O=P(c1ccccc1)(c1ccc(F)cc1)c1ccc(F)cc1.[H-].[K+].[K+]. The first kappa shape index (κ1) is 78.4. The molecule has 0 bridgehead atoms. The van der Waals surface area contributed by atoms with Gasteiger partial charge in [0.1, 0.15) is 40.4 Å². The molecule has 98 heavy (non-hydrogen) atoms. The van der Waals surface area contributed by atoms with Crippen LogP contribution in [0.2, 0.25) is 0 Å². The number of carbonyl (C=O) groups excluding carboxylic acids is 5. The summed E-state index contributed by atoms with van der Waals surface area (Å²) in [4.78, 5) is 62.5. The van der Waals surface area contributed by atoms with Crippen molar-refractivity contribution in [3.05, 3.63) is 294 Å². The Morgan fingerprint density at radius 1 is 0.398 bits per heavy atom. The standard InChI is InChI=1S/C40H37O5P.C20H20O4.C18H13F2OP.CH2O3.2K.H/c1-28-8-24-37(25-9-28)46(43,36-6-4-3-5-7-36)38-26-22-35(23-27-38)45-34-20-16-32(17-21-34)40(42)30-12-10-29(11-13-30)39(41)31-14-18-33(44-2)19-15-31;21-17-9-5-15(6-10-17)19(23)13-1-2-14(4-3-13)20(24)16-7-11-18(22)12-8-16;19-14-6-10-17(11-7-14)22(21,16-4-2-1-3-5-16)18-12-8-15(20)9-13-18;2-1-4-3;;;/h3-9,14-27,29-30H,10-13H2,1-2H3;5-14,21-22H,1-4H2;1-13H;1,3H;;;/q;;;;2*+1;-1/p-1. The Kier molecular flexibility index (Phi) is 30.5. The zero-order valence-electron chi connectivity index (χ0n) is 55.8. The molecule has 2 aliphatic carbocycles. The molecule has 0 aliphatic heterocycles. The fraction of sp³-hybridized carbons (Fsp3) is 0.177. The largest absolute Gasteiger partial charge is 1.00 e. The second-order valence-electron chi connectivity index (χ2n) is 23.4. The third kappa shape index (κ3) is 20.4. The molecule has 2 aliphatic rings. The van der Waals surface area contributed by atoms with Gasteiger partial charge in [-0.2, -0.15) is 0 Å². The van der Waals surface area contributed by atoms with Crippen LogP contribution in [0.15, 0.2) is 255 Å². The number of aromatic hydroxyl groups is 2. The number of methoxy groups -OCH3 is 1. The molecule has 10 aromatic carbocycles. The van der Waals surface area contributed by atoms with Gasteiger partial charge in [-0.05, 0) is 228 Å². The van der Waals surface area contributed by atoms with E-state index in [1.807, 2.05) is 128 Å². The molecule has 13 nitrogen and oxygen atoms in total. The topological polar surface area (TPSA) is 211 Å². The van der Waals surface area contributed by atoms with Crippen LogP contribution in [-0.4, -0.2) is 46.9 Å². The van der Waals surface area contributed by atoms with Crippen LogP contribution >= 0.6 is 14.3 Å². The minimum absolute atomic E-state index is 0. The van der Waals surface area contributed by atoms with Crippen LogP contribution in [0.25, 0.3) is 0 Å². The third-order valence-corrected chi connectivity index (χ3v) is 23.4. The molecule has 10 aromatic rings. The molecule has 0 spiro atoms. The number of carbonyl (C=O) groups is 5. The second kappa shape index (κ2) is 38.1. The molecule has 0 heterocycles. The first-order valence-electron chi connectivity index (χ1n) is 31.3. The van der Waals surface area contributed by atoms with Gasteiger partial charge in [0, 0.05) is 77.8 Å². The summed E-state index contributed by atoms with van der Waals surface area (Å²) >= 11 is 0. The molecule has 2 saturated carbocycles. The Labute approximate surface area is 656 Å². The number of hydrogen-bond donors (Lipinski definition) is 2. The molecule has 2 fully saturated rings. The number of halogens is 2. The Morgan fingerprint density at radius 3 is 0.908 bits per heavy atom. The maximum atomic E-state index is 14.7. The molecule has 0 saturated heterocycles. The predicted molar refractivity (Wildman–Crippen MR) is 369 cm³/mol. The summed E-state index contributed by atoms with van der Waals surface area (Å²) in [5.41, 5.74) is 3.68. The predicted octanol–water partition coefficient (Wildman–Crippen LogP) is 8.44. The van der Waals surface area contributed by atoms with E-state index in [0.717, 1.165) is 27.2 Å². The number of phenols is 2.